The van der Waals surface area contributed by atoms with Gasteiger partial charge >= 0.3 is 0 Å². The summed E-state index contributed by atoms with van der Waals surface area (Å²) in [7, 11) is 0. The van der Waals surface area contributed by atoms with Gasteiger partial charge in [0.25, 0.3) is 0 Å². The quantitative estimate of drug-likeness (QED) is 0.282. The maximum Gasteiger partial charge on any atom is 0.0235 e. The van der Waals surface area contributed by atoms with Crippen molar-refractivity contribution in [3.63, 3.8) is 0 Å². The van der Waals surface area contributed by atoms with Gasteiger partial charge in [-0.05, 0) is 35.1 Å². The average molecular weight is 413 g/mol. The monoisotopic (exact) mass is 412 g/mol. The first kappa shape index (κ1) is 20.3. The first-order valence-corrected chi connectivity index (χ1v) is 11.5. The van der Waals surface area contributed by atoms with E-state index in [1.807, 2.05) is 0 Å². The second-order valence-corrected chi connectivity index (χ2v) is 8.54. The van der Waals surface area contributed by atoms with Crippen molar-refractivity contribution in [2.75, 3.05) is 0 Å². The Morgan fingerprint density at radius 1 is 0.375 bits per heavy atom. The third kappa shape index (κ3) is 4.50. The summed E-state index contributed by atoms with van der Waals surface area (Å²) in [5, 5.41) is 0. The third-order valence-corrected chi connectivity index (χ3v) is 6.45. The maximum atomic E-state index is 2.43. The van der Waals surface area contributed by atoms with E-state index < -0.39 is 0 Å². The molecule has 1 aliphatic rings. The summed E-state index contributed by atoms with van der Waals surface area (Å²) in [6.07, 6.45) is 6.80. The molecule has 0 amide bonds. The zero-order valence-corrected chi connectivity index (χ0v) is 18.3. The molecule has 0 bridgehead atoms. The summed E-state index contributed by atoms with van der Waals surface area (Å²) in [6, 6.07) is 43.7. The molecule has 0 aliphatic heterocycles. The fraction of sp³-hybridized carbons (Fsp3) is 0.125. The Labute approximate surface area is 191 Å². The highest BCUT2D eigenvalue weighted by molar-refractivity contribution is 5.50. The van der Waals surface area contributed by atoms with Crippen LogP contribution >= 0.6 is 0 Å². The molecule has 0 N–H and O–H groups in total. The molecule has 4 aromatic carbocycles. The average Bonchev–Trinajstić information content (AvgIpc) is 2.87. The lowest BCUT2D eigenvalue weighted by Gasteiger charge is -2.31. The Balaban J connectivity index is 1.66. The van der Waals surface area contributed by atoms with E-state index in [2.05, 4.69) is 133 Å². The Hall–Kier alpha value is -3.64. The molecule has 0 fully saturated rings. The van der Waals surface area contributed by atoms with E-state index in [4.69, 9.17) is 0 Å². The van der Waals surface area contributed by atoms with E-state index >= 15 is 0 Å². The molecule has 4 aromatic rings. The third-order valence-electron chi connectivity index (χ3n) is 6.45. The minimum Gasteiger partial charge on any atom is -0.0760 e. The fourth-order valence-electron chi connectivity index (χ4n) is 4.88. The van der Waals surface area contributed by atoms with Crippen molar-refractivity contribution >= 4 is 0 Å². The molecule has 32 heavy (non-hydrogen) atoms. The molecule has 5 rings (SSSR count). The van der Waals surface area contributed by atoms with Crippen LogP contribution in [0.2, 0.25) is 0 Å². The van der Waals surface area contributed by atoms with Gasteiger partial charge in [-0.2, -0.15) is 0 Å². The Bertz CT molecular complexity index is 1090. The van der Waals surface area contributed by atoms with E-state index in [0.29, 0.717) is 11.8 Å². The smallest absolute Gasteiger partial charge is 0.0235 e. The van der Waals surface area contributed by atoms with Gasteiger partial charge in [-0.3, -0.25) is 0 Å². The molecule has 2 atom stereocenters. The van der Waals surface area contributed by atoms with Crippen LogP contribution in [0, 0.1) is 0 Å². The molecular weight excluding hydrogens is 384 g/mol. The van der Waals surface area contributed by atoms with Gasteiger partial charge in [0, 0.05) is 11.8 Å². The summed E-state index contributed by atoms with van der Waals surface area (Å²) < 4.78 is 0. The van der Waals surface area contributed by atoms with Crippen LogP contribution in [-0.4, -0.2) is 0 Å². The van der Waals surface area contributed by atoms with E-state index in [1.165, 1.54) is 33.4 Å². The molecule has 2 unspecified atom stereocenters. The van der Waals surface area contributed by atoms with Crippen LogP contribution in [0.3, 0.4) is 0 Å². The van der Waals surface area contributed by atoms with Gasteiger partial charge in [-0.1, -0.05) is 145 Å². The van der Waals surface area contributed by atoms with Gasteiger partial charge in [0.2, 0.25) is 0 Å². The lowest BCUT2D eigenvalue weighted by atomic mass is 9.72. The minimum absolute atomic E-state index is 0.301. The summed E-state index contributed by atoms with van der Waals surface area (Å²) >= 11 is 0. The minimum atomic E-state index is 0.301. The van der Waals surface area contributed by atoms with Gasteiger partial charge in [0.15, 0.2) is 0 Å². The second kappa shape index (κ2) is 9.66. The number of allylic oxidation sites excluding steroid dienone is 4. The van der Waals surface area contributed by atoms with Crippen molar-refractivity contribution in [2.24, 2.45) is 0 Å². The summed E-state index contributed by atoms with van der Waals surface area (Å²) in [5.74, 6) is 0.602. The fourth-order valence-corrected chi connectivity index (χ4v) is 4.88. The van der Waals surface area contributed by atoms with E-state index in [0.717, 1.165) is 12.8 Å². The van der Waals surface area contributed by atoms with E-state index in [9.17, 15) is 0 Å². The molecular formula is C32H28. The normalized spacial score (nSPS) is 18.0. The molecule has 0 heteroatoms. The molecule has 0 spiro atoms. The van der Waals surface area contributed by atoms with Crippen molar-refractivity contribution in [2.45, 2.75) is 24.7 Å². The predicted octanol–water partition coefficient (Wildman–Crippen LogP) is 7.91. The highest BCUT2D eigenvalue weighted by atomic mass is 14.3. The predicted molar refractivity (Wildman–Crippen MR) is 135 cm³/mol. The van der Waals surface area contributed by atoms with Crippen molar-refractivity contribution < 1.29 is 0 Å². The topological polar surface area (TPSA) is 0 Å². The van der Waals surface area contributed by atoms with Crippen molar-refractivity contribution in [1.82, 2.24) is 0 Å². The number of benzene rings is 4. The summed E-state index contributed by atoms with van der Waals surface area (Å²) in [6.45, 7) is 0. The van der Waals surface area contributed by atoms with Crippen LogP contribution in [0.4, 0.5) is 0 Å². The zero-order valence-electron chi connectivity index (χ0n) is 18.3. The van der Waals surface area contributed by atoms with Crippen LogP contribution in [0.15, 0.2) is 145 Å². The lowest BCUT2D eigenvalue weighted by molar-refractivity contribution is 0.788. The first-order valence-electron chi connectivity index (χ1n) is 11.5. The Morgan fingerprint density at radius 2 is 0.688 bits per heavy atom. The van der Waals surface area contributed by atoms with Gasteiger partial charge in [-0.15, -0.1) is 0 Å². The van der Waals surface area contributed by atoms with Crippen LogP contribution in [0.5, 0.6) is 0 Å². The zero-order chi connectivity index (χ0) is 21.6. The van der Waals surface area contributed by atoms with Gasteiger partial charge < -0.3 is 0 Å². The Morgan fingerprint density at radius 3 is 1.03 bits per heavy atom. The molecule has 0 aromatic heterocycles. The second-order valence-electron chi connectivity index (χ2n) is 8.54. The molecule has 0 radical (unpaired) electrons. The van der Waals surface area contributed by atoms with Crippen molar-refractivity contribution in [3.05, 3.63) is 167 Å². The van der Waals surface area contributed by atoms with Crippen LogP contribution in [-0.2, 0) is 12.8 Å². The van der Waals surface area contributed by atoms with Gasteiger partial charge in [-0.25, -0.2) is 0 Å². The van der Waals surface area contributed by atoms with Crippen LogP contribution in [0.25, 0.3) is 0 Å². The molecule has 1 aliphatic carbocycles. The summed E-state index contributed by atoms with van der Waals surface area (Å²) in [4.78, 5) is 0. The molecule has 0 saturated heterocycles. The largest absolute Gasteiger partial charge is 0.0760 e. The van der Waals surface area contributed by atoms with Crippen LogP contribution < -0.4 is 0 Å². The van der Waals surface area contributed by atoms with Crippen molar-refractivity contribution in [1.29, 1.82) is 0 Å². The van der Waals surface area contributed by atoms with E-state index in [1.54, 1.807) is 0 Å². The van der Waals surface area contributed by atoms with Gasteiger partial charge in [0.05, 0.1) is 0 Å². The molecule has 0 saturated carbocycles. The molecule has 0 nitrogen and oxygen atoms in total. The highest BCUT2D eigenvalue weighted by Crippen LogP contribution is 2.43. The highest BCUT2D eigenvalue weighted by Gasteiger charge is 2.27. The molecule has 0 heterocycles. The maximum absolute atomic E-state index is 2.43. The SMILES string of the molecule is C1=CC(c2ccccc2)C(Cc2ccccc2)=C(Cc2ccccc2)C1c1ccccc1. The van der Waals surface area contributed by atoms with Crippen molar-refractivity contribution in [3.8, 4) is 0 Å². The Kier molecular flexibility index (Phi) is 6.12. The standard InChI is InChI=1S/C32H28/c1-5-13-25(14-6-1)23-31-29(27-17-9-3-10-18-27)21-22-30(28-19-11-4-12-20-28)32(31)24-26-15-7-2-8-16-26/h1-22,29-30H,23-24H2. The number of hydrogen-bond donors (Lipinski definition) is 0. The lowest BCUT2D eigenvalue weighted by Crippen LogP contribution is -2.17. The van der Waals surface area contributed by atoms with Crippen LogP contribution in [0.1, 0.15) is 34.1 Å². The summed E-state index contributed by atoms with van der Waals surface area (Å²) in [5.41, 5.74) is 8.54. The number of hydrogen-bond acceptors (Lipinski definition) is 0. The first-order chi connectivity index (χ1) is 15.9. The van der Waals surface area contributed by atoms with Gasteiger partial charge in [0.1, 0.15) is 0 Å². The number of rotatable bonds is 6. The van der Waals surface area contributed by atoms with E-state index in [-0.39, 0.29) is 0 Å². The molecule has 156 valence electrons.